The Labute approximate surface area is 96.9 Å². The minimum Gasteiger partial charge on any atom is -0.464 e. The van der Waals surface area contributed by atoms with E-state index in [1.165, 1.54) is 13.2 Å². The fraction of sp³-hybridized carbons (Fsp3) is 0.200. The van der Waals surface area contributed by atoms with Crippen LogP contribution in [0.25, 0.3) is 6.08 Å². The molecule has 4 nitrogen and oxygen atoms in total. The summed E-state index contributed by atoms with van der Waals surface area (Å²) in [7, 11) is 1.19. The molecule has 0 amide bonds. The molecule has 1 rings (SSSR count). The number of nitrogen functional groups attached to an aromatic ring is 1. The Morgan fingerprint density at radius 3 is 2.75 bits per heavy atom. The predicted octanol–water partition coefficient (Wildman–Crippen LogP) is 2.28. The fourth-order valence-corrected chi connectivity index (χ4v) is 1.34. The van der Waals surface area contributed by atoms with Crippen molar-refractivity contribution >= 4 is 29.3 Å². The Morgan fingerprint density at radius 2 is 2.25 bits per heavy atom. The monoisotopic (exact) mass is 244 g/mol. The van der Waals surface area contributed by atoms with Crippen LogP contribution in [0.15, 0.2) is 6.08 Å². The molecule has 0 atom stereocenters. The van der Waals surface area contributed by atoms with Crippen molar-refractivity contribution in [2.75, 3.05) is 12.8 Å². The van der Waals surface area contributed by atoms with E-state index >= 15 is 0 Å². The van der Waals surface area contributed by atoms with Gasteiger partial charge in [-0.1, -0.05) is 23.8 Å². The highest BCUT2D eigenvalue weighted by molar-refractivity contribution is 6.30. The Kier molecular flexibility index (Phi) is 3.84. The normalized spacial score (nSPS) is 10.8. The largest absolute Gasteiger partial charge is 0.464 e. The number of esters is 1. The molecule has 1 aromatic rings. The fourth-order valence-electron chi connectivity index (χ4n) is 1.15. The van der Waals surface area contributed by atoms with Crippen molar-refractivity contribution in [3.05, 3.63) is 28.3 Å². The second kappa shape index (κ2) is 4.94. The number of carbonyl (C=O) groups excluding carboxylic acids is 1. The van der Waals surface area contributed by atoms with Crippen LogP contribution < -0.4 is 5.73 Å². The van der Waals surface area contributed by atoms with Crippen LogP contribution in [0.1, 0.15) is 23.0 Å². The third-order valence-corrected chi connectivity index (χ3v) is 2.14. The quantitative estimate of drug-likeness (QED) is 0.640. The first kappa shape index (κ1) is 12.4. The molecule has 1 heterocycles. The van der Waals surface area contributed by atoms with Gasteiger partial charge in [0.2, 0.25) is 0 Å². The maximum atomic E-state index is 13.4. The number of hydrogen-bond donors (Lipinski definition) is 1. The lowest BCUT2D eigenvalue weighted by Crippen LogP contribution is -2.11. The molecule has 0 radical (unpaired) electrons. The number of allylic oxidation sites excluding steroid dienone is 1. The summed E-state index contributed by atoms with van der Waals surface area (Å²) in [5, 5.41) is -0.453. The molecule has 1 aromatic heterocycles. The zero-order valence-electron chi connectivity index (χ0n) is 8.75. The van der Waals surface area contributed by atoms with Crippen LogP contribution >= 0.6 is 11.6 Å². The maximum Gasteiger partial charge on any atom is 0.357 e. The molecule has 0 saturated heterocycles. The smallest absolute Gasteiger partial charge is 0.357 e. The highest BCUT2D eigenvalue weighted by atomic mass is 35.5. The number of nitrogens with zero attached hydrogens (tertiary/aromatic N) is 1. The summed E-state index contributed by atoms with van der Waals surface area (Å²) in [6.07, 6.45) is 3.07. The van der Waals surface area contributed by atoms with Gasteiger partial charge >= 0.3 is 5.97 Å². The average molecular weight is 245 g/mol. The summed E-state index contributed by atoms with van der Waals surface area (Å²) in [5.41, 5.74) is 5.34. The van der Waals surface area contributed by atoms with E-state index in [2.05, 4.69) is 9.72 Å². The van der Waals surface area contributed by atoms with E-state index in [1.54, 1.807) is 13.0 Å². The summed E-state index contributed by atoms with van der Waals surface area (Å²) in [6, 6.07) is 0. The molecule has 6 heteroatoms. The number of nitrogens with two attached hydrogens (primary N) is 1. The predicted molar refractivity (Wildman–Crippen MR) is 59.7 cm³/mol. The number of halogens is 2. The van der Waals surface area contributed by atoms with Crippen molar-refractivity contribution in [3.8, 4) is 0 Å². The van der Waals surface area contributed by atoms with Gasteiger partial charge in [0, 0.05) is 5.56 Å². The van der Waals surface area contributed by atoms with Crippen LogP contribution in [0.5, 0.6) is 0 Å². The Hall–Kier alpha value is -1.62. The zero-order valence-corrected chi connectivity index (χ0v) is 9.51. The minimum atomic E-state index is -0.845. The lowest BCUT2D eigenvalue weighted by molar-refractivity contribution is 0.0593. The first-order valence-electron chi connectivity index (χ1n) is 4.38. The second-order valence-corrected chi connectivity index (χ2v) is 3.24. The summed E-state index contributed by atoms with van der Waals surface area (Å²) in [5.74, 6) is -1.57. The number of anilines is 1. The van der Waals surface area contributed by atoms with Gasteiger partial charge in [-0.05, 0) is 6.92 Å². The van der Waals surface area contributed by atoms with Crippen LogP contribution in [0.3, 0.4) is 0 Å². The van der Waals surface area contributed by atoms with E-state index in [-0.39, 0.29) is 16.9 Å². The van der Waals surface area contributed by atoms with Crippen molar-refractivity contribution in [1.29, 1.82) is 0 Å². The second-order valence-electron chi connectivity index (χ2n) is 2.88. The first-order chi connectivity index (χ1) is 7.52. The number of ether oxygens (including phenoxy) is 1. The summed E-state index contributed by atoms with van der Waals surface area (Å²) in [4.78, 5) is 15.0. The molecule has 16 heavy (non-hydrogen) atoms. The van der Waals surface area contributed by atoms with Crippen molar-refractivity contribution < 1.29 is 13.9 Å². The van der Waals surface area contributed by atoms with Crippen LogP contribution in [-0.2, 0) is 4.74 Å². The lowest BCUT2D eigenvalue weighted by atomic mass is 10.1. The van der Waals surface area contributed by atoms with Gasteiger partial charge in [-0.3, -0.25) is 0 Å². The number of methoxy groups -OCH3 is 1. The molecule has 0 aliphatic carbocycles. The number of hydrogen-bond acceptors (Lipinski definition) is 4. The van der Waals surface area contributed by atoms with Gasteiger partial charge in [0.1, 0.15) is 0 Å². The molecular formula is C10H10ClFN2O2. The SMILES string of the molecule is C/C=C/c1c(C(=O)OC)nc(Cl)c(F)c1N. The molecule has 2 N–H and O–H groups in total. The average Bonchev–Trinajstić information content (AvgIpc) is 2.28. The van der Waals surface area contributed by atoms with E-state index in [0.29, 0.717) is 0 Å². The number of aromatic nitrogens is 1. The van der Waals surface area contributed by atoms with Gasteiger partial charge in [0.05, 0.1) is 12.8 Å². The van der Waals surface area contributed by atoms with E-state index < -0.39 is 16.9 Å². The Balaban J connectivity index is 3.52. The Bertz CT molecular complexity index is 461. The van der Waals surface area contributed by atoms with Gasteiger partial charge < -0.3 is 10.5 Å². The molecule has 0 aliphatic rings. The van der Waals surface area contributed by atoms with Gasteiger partial charge in [0.25, 0.3) is 0 Å². The van der Waals surface area contributed by atoms with Crippen molar-refractivity contribution in [2.45, 2.75) is 6.92 Å². The third-order valence-electron chi connectivity index (χ3n) is 1.88. The molecule has 0 unspecified atom stereocenters. The van der Waals surface area contributed by atoms with Gasteiger partial charge in [0.15, 0.2) is 16.7 Å². The van der Waals surface area contributed by atoms with Crippen molar-refractivity contribution in [3.63, 3.8) is 0 Å². The topological polar surface area (TPSA) is 65.2 Å². The lowest BCUT2D eigenvalue weighted by Gasteiger charge is -2.08. The van der Waals surface area contributed by atoms with Crippen molar-refractivity contribution in [1.82, 2.24) is 4.98 Å². The number of carbonyl (C=O) groups is 1. The van der Waals surface area contributed by atoms with Gasteiger partial charge in [-0.15, -0.1) is 0 Å². The molecule has 0 aromatic carbocycles. The molecule has 0 aliphatic heterocycles. The van der Waals surface area contributed by atoms with E-state index in [1.807, 2.05) is 0 Å². The van der Waals surface area contributed by atoms with Gasteiger partial charge in [-0.2, -0.15) is 0 Å². The highest BCUT2D eigenvalue weighted by Crippen LogP contribution is 2.26. The third kappa shape index (κ3) is 2.14. The summed E-state index contributed by atoms with van der Waals surface area (Å²) >= 11 is 5.49. The summed E-state index contributed by atoms with van der Waals surface area (Å²) < 4.78 is 17.9. The Morgan fingerprint density at radius 1 is 1.62 bits per heavy atom. The van der Waals surface area contributed by atoms with E-state index in [0.717, 1.165) is 0 Å². The van der Waals surface area contributed by atoms with Crippen LogP contribution in [-0.4, -0.2) is 18.1 Å². The molecule has 86 valence electrons. The molecule has 0 fully saturated rings. The molecule has 0 bridgehead atoms. The van der Waals surface area contributed by atoms with E-state index in [9.17, 15) is 9.18 Å². The number of pyridine rings is 1. The maximum absolute atomic E-state index is 13.4. The highest BCUT2D eigenvalue weighted by Gasteiger charge is 2.20. The standard InChI is InChI=1S/C10H10ClFN2O2/c1-3-4-5-7(13)6(12)9(11)14-8(5)10(15)16-2/h3-4H,1-2H3,(H2,13,14)/b4-3+. The zero-order chi connectivity index (χ0) is 12.3. The van der Waals surface area contributed by atoms with Crippen LogP contribution in [0.4, 0.5) is 10.1 Å². The molecular weight excluding hydrogens is 235 g/mol. The summed E-state index contributed by atoms with van der Waals surface area (Å²) in [6.45, 7) is 1.70. The molecule has 0 spiro atoms. The minimum absolute atomic E-state index is 0.107. The van der Waals surface area contributed by atoms with Crippen LogP contribution in [0, 0.1) is 5.82 Å². The van der Waals surface area contributed by atoms with Crippen molar-refractivity contribution in [2.24, 2.45) is 0 Å². The number of rotatable bonds is 2. The van der Waals surface area contributed by atoms with E-state index in [4.69, 9.17) is 17.3 Å². The van der Waals surface area contributed by atoms with Gasteiger partial charge in [-0.25, -0.2) is 14.2 Å². The molecule has 0 saturated carbocycles. The first-order valence-corrected chi connectivity index (χ1v) is 4.76. The van der Waals surface area contributed by atoms with Crippen LogP contribution in [0.2, 0.25) is 5.15 Å².